The lowest BCUT2D eigenvalue weighted by molar-refractivity contribution is -0.384. The van der Waals surface area contributed by atoms with Gasteiger partial charge in [-0.15, -0.1) is 0 Å². The Morgan fingerprint density at radius 2 is 1.90 bits per heavy atom. The van der Waals surface area contributed by atoms with E-state index >= 15 is 0 Å². The molecule has 29 heavy (non-hydrogen) atoms. The highest BCUT2D eigenvalue weighted by Gasteiger charge is 2.08. The van der Waals surface area contributed by atoms with Crippen LogP contribution in [0.25, 0.3) is 28.6 Å². The number of benzene rings is 3. The molecule has 4 aromatic rings. The molecule has 6 nitrogen and oxygen atoms in total. The molecular weight excluding hydrogens is 390 g/mol. The molecule has 0 aliphatic rings. The number of oxazole rings is 1. The van der Waals surface area contributed by atoms with E-state index in [4.69, 9.17) is 16.0 Å². The lowest BCUT2D eigenvalue weighted by Gasteiger charge is -1.96. The predicted molar refractivity (Wildman–Crippen MR) is 115 cm³/mol. The molecule has 0 bridgehead atoms. The highest BCUT2D eigenvalue weighted by atomic mass is 35.5. The first-order valence-corrected chi connectivity index (χ1v) is 9.08. The third kappa shape index (κ3) is 4.39. The number of nitro groups is 1. The summed E-state index contributed by atoms with van der Waals surface area (Å²) < 4.78 is 5.76. The van der Waals surface area contributed by atoms with Crippen molar-refractivity contribution < 1.29 is 9.34 Å². The number of hydrogen-bond donors (Lipinski definition) is 0. The van der Waals surface area contributed by atoms with Crippen LogP contribution in [0, 0.1) is 10.1 Å². The smallest absolute Gasteiger partial charge is 0.270 e. The van der Waals surface area contributed by atoms with Crippen molar-refractivity contribution in [1.82, 2.24) is 4.98 Å². The summed E-state index contributed by atoms with van der Waals surface area (Å²) in [5, 5.41) is 11.4. The van der Waals surface area contributed by atoms with Gasteiger partial charge in [0.05, 0.1) is 10.6 Å². The van der Waals surface area contributed by atoms with Crippen molar-refractivity contribution in [2.45, 2.75) is 0 Å². The maximum Gasteiger partial charge on any atom is 0.270 e. The summed E-state index contributed by atoms with van der Waals surface area (Å²) in [6.07, 6.45) is 5.13. The van der Waals surface area contributed by atoms with E-state index in [2.05, 4.69) is 9.98 Å². The van der Waals surface area contributed by atoms with Crippen molar-refractivity contribution in [1.29, 1.82) is 0 Å². The average Bonchev–Trinajstić information content (AvgIpc) is 3.15. The third-order valence-corrected chi connectivity index (χ3v) is 4.38. The molecule has 0 atom stereocenters. The maximum absolute atomic E-state index is 10.8. The lowest BCUT2D eigenvalue weighted by Crippen LogP contribution is -1.87. The summed E-state index contributed by atoms with van der Waals surface area (Å²) in [6.45, 7) is 0. The standard InChI is InChI=1S/C22H14ClN3O3/c23-17-8-11-21-20(14-17)25-22(29-21)16-6-9-18(10-7-16)24-12-2-4-15-3-1-5-19(13-15)26(27)28/h1-14H/b4-2+,24-12?. The number of allylic oxidation sites excluding steroid dienone is 1. The van der Waals surface area contributed by atoms with Crippen LogP contribution < -0.4 is 0 Å². The van der Waals surface area contributed by atoms with E-state index in [0.29, 0.717) is 22.0 Å². The fraction of sp³-hybridized carbons (Fsp3) is 0. The molecule has 0 saturated carbocycles. The topological polar surface area (TPSA) is 81.5 Å². The molecular formula is C22H14ClN3O3. The van der Waals surface area contributed by atoms with Gasteiger partial charge in [-0.1, -0.05) is 29.8 Å². The minimum Gasteiger partial charge on any atom is -0.436 e. The lowest BCUT2D eigenvalue weighted by atomic mass is 10.2. The van der Waals surface area contributed by atoms with Crippen LogP contribution in [0.5, 0.6) is 0 Å². The Kier molecular flexibility index (Phi) is 5.18. The zero-order valence-electron chi connectivity index (χ0n) is 15.0. The largest absolute Gasteiger partial charge is 0.436 e. The van der Waals surface area contributed by atoms with Crippen LogP contribution in [0.3, 0.4) is 0 Å². The zero-order chi connectivity index (χ0) is 20.2. The second-order valence-electron chi connectivity index (χ2n) is 6.17. The first kappa shape index (κ1) is 18.6. The molecule has 0 radical (unpaired) electrons. The number of hydrogen-bond acceptors (Lipinski definition) is 5. The molecule has 0 amide bonds. The van der Waals surface area contributed by atoms with Crippen molar-refractivity contribution in [3.63, 3.8) is 0 Å². The number of non-ortho nitro benzene ring substituents is 1. The van der Waals surface area contributed by atoms with Crippen molar-refractivity contribution in [3.8, 4) is 11.5 Å². The first-order chi connectivity index (χ1) is 14.1. The van der Waals surface area contributed by atoms with Crippen LogP contribution in [-0.4, -0.2) is 16.1 Å². The highest BCUT2D eigenvalue weighted by molar-refractivity contribution is 6.31. The summed E-state index contributed by atoms with van der Waals surface area (Å²) in [7, 11) is 0. The normalized spacial score (nSPS) is 11.6. The van der Waals surface area contributed by atoms with Gasteiger partial charge in [0.15, 0.2) is 5.58 Å². The Morgan fingerprint density at radius 3 is 2.69 bits per heavy atom. The summed E-state index contributed by atoms with van der Waals surface area (Å²) in [4.78, 5) is 19.2. The van der Waals surface area contributed by atoms with Gasteiger partial charge >= 0.3 is 0 Å². The zero-order valence-corrected chi connectivity index (χ0v) is 15.8. The van der Waals surface area contributed by atoms with E-state index in [1.54, 1.807) is 48.7 Å². The minimum absolute atomic E-state index is 0.0566. The average molecular weight is 404 g/mol. The Labute approximate surface area is 170 Å². The van der Waals surface area contributed by atoms with Gasteiger partial charge in [-0.3, -0.25) is 15.1 Å². The number of fused-ring (bicyclic) bond motifs is 1. The molecule has 142 valence electrons. The first-order valence-electron chi connectivity index (χ1n) is 8.70. The molecule has 0 aliphatic carbocycles. The molecule has 0 fully saturated rings. The van der Waals surface area contributed by atoms with E-state index in [0.717, 1.165) is 16.8 Å². The Hall–Kier alpha value is -3.77. The van der Waals surface area contributed by atoms with Gasteiger partial charge < -0.3 is 4.42 Å². The molecule has 7 heteroatoms. The second kappa shape index (κ2) is 8.08. The van der Waals surface area contributed by atoms with Gasteiger partial charge in [0, 0.05) is 28.9 Å². The highest BCUT2D eigenvalue weighted by Crippen LogP contribution is 2.27. The monoisotopic (exact) mass is 403 g/mol. The summed E-state index contributed by atoms with van der Waals surface area (Å²) in [5.41, 5.74) is 3.77. The van der Waals surface area contributed by atoms with Gasteiger partial charge in [0.25, 0.3) is 5.69 Å². The fourth-order valence-corrected chi connectivity index (χ4v) is 2.91. The van der Waals surface area contributed by atoms with E-state index in [1.165, 1.54) is 12.1 Å². The molecule has 0 unspecified atom stereocenters. The van der Waals surface area contributed by atoms with Crippen LogP contribution in [-0.2, 0) is 0 Å². The Morgan fingerprint density at radius 1 is 1.07 bits per heavy atom. The molecule has 0 N–H and O–H groups in total. The van der Waals surface area contributed by atoms with E-state index in [1.807, 2.05) is 24.3 Å². The van der Waals surface area contributed by atoms with Crippen LogP contribution in [0.15, 0.2) is 82.2 Å². The number of halogens is 1. The molecule has 1 heterocycles. The van der Waals surface area contributed by atoms with Crippen molar-refractivity contribution in [2.75, 3.05) is 0 Å². The fourth-order valence-electron chi connectivity index (χ4n) is 2.74. The molecule has 0 aliphatic heterocycles. The molecule has 0 saturated heterocycles. The number of rotatable bonds is 5. The van der Waals surface area contributed by atoms with Crippen molar-refractivity contribution in [2.24, 2.45) is 4.99 Å². The molecule has 0 spiro atoms. The van der Waals surface area contributed by atoms with Crippen LogP contribution in [0.4, 0.5) is 11.4 Å². The number of nitrogens with zero attached hydrogens (tertiary/aromatic N) is 3. The Bertz CT molecular complexity index is 1240. The number of aliphatic imine (C=N–C) groups is 1. The van der Waals surface area contributed by atoms with Gasteiger partial charge in [0.2, 0.25) is 5.89 Å². The van der Waals surface area contributed by atoms with Crippen LogP contribution >= 0.6 is 11.6 Å². The Balaban J connectivity index is 1.46. The van der Waals surface area contributed by atoms with Gasteiger partial charge in [-0.2, -0.15) is 0 Å². The van der Waals surface area contributed by atoms with Gasteiger partial charge in [-0.05, 0) is 54.1 Å². The van der Waals surface area contributed by atoms with Crippen LogP contribution in [0.1, 0.15) is 5.56 Å². The van der Waals surface area contributed by atoms with Crippen LogP contribution in [0.2, 0.25) is 5.02 Å². The quantitative estimate of drug-likeness (QED) is 0.217. The molecule has 1 aromatic heterocycles. The molecule has 4 rings (SSSR count). The van der Waals surface area contributed by atoms with Crippen molar-refractivity contribution >= 4 is 46.4 Å². The van der Waals surface area contributed by atoms with E-state index in [9.17, 15) is 10.1 Å². The summed E-state index contributed by atoms with van der Waals surface area (Å²) in [6, 6.07) is 19.2. The third-order valence-electron chi connectivity index (χ3n) is 4.14. The van der Waals surface area contributed by atoms with Gasteiger partial charge in [0.1, 0.15) is 5.52 Å². The number of nitro benzene ring substituents is 1. The van der Waals surface area contributed by atoms with E-state index in [-0.39, 0.29) is 5.69 Å². The second-order valence-corrected chi connectivity index (χ2v) is 6.60. The SMILES string of the molecule is O=[N+]([O-])c1cccc(/C=C/C=Nc2ccc(-c3nc4cc(Cl)ccc4o3)cc2)c1. The summed E-state index contributed by atoms with van der Waals surface area (Å²) in [5.74, 6) is 0.517. The van der Waals surface area contributed by atoms with Crippen molar-refractivity contribution in [3.05, 3.63) is 93.5 Å². The summed E-state index contributed by atoms with van der Waals surface area (Å²) >= 11 is 5.98. The number of aromatic nitrogens is 1. The molecule has 3 aromatic carbocycles. The van der Waals surface area contributed by atoms with Gasteiger partial charge in [-0.25, -0.2) is 4.98 Å². The predicted octanol–water partition coefficient (Wildman–Crippen LogP) is 6.47. The van der Waals surface area contributed by atoms with E-state index < -0.39 is 4.92 Å². The minimum atomic E-state index is -0.418. The maximum atomic E-state index is 10.8.